The van der Waals surface area contributed by atoms with E-state index in [2.05, 4.69) is 13.8 Å². The van der Waals surface area contributed by atoms with Crippen LogP contribution in [0.2, 0.25) is 0 Å². The number of hydrogen-bond acceptors (Lipinski definition) is 0. The second-order valence-electron chi connectivity index (χ2n) is 5.27. The molecule has 2 fully saturated rings. The maximum atomic E-state index is 5.92. The molecule has 2 rings (SSSR count). The van der Waals surface area contributed by atoms with Gasteiger partial charge in [0.15, 0.2) is 0 Å². The Bertz CT molecular complexity index is 166. The van der Waals surface area contributed by atoms with Crippen molar-refractivity contribution in [3.05, 3.63) is 0 Å². The minimum absolute atomic E-state index is 0.707. The largest absolute Gasteiger partial charge is 0.126 e. The normalized spacial score (nSPS) is 52.8. The van der Waals surface area contributed by atoms with Crippen molar-refractivity contribution in [2.24, 2.45) is 23.2 Å². The molecule has 1 spiro atoms. The van der Waals surface area contributed by atoms with E-state index >= 15 is 0 Å². The predicted molar refractivity (Wildman–Crippen MR) is 53.4 cm³/mol. The van der Waals surface area contributed by atoms with E-state index in [0.717, 1.165) is 23.6 Å². The molecule has 1 heteroatoms. The highest BCUT2D eigenvalue weighted by Gasteiger charge is 2.55. The van der Waals surface area contributed by atoms with Crippen molar-refractivity contribution >= 4 is 11.6 Å². The molecule has 2 aliphatic rings. The van der Waals surface area contributed by atoms with Crippen LogP contribution in [0.1, 0.15) is 39.5 Å². The highest BCUT2D eigenvalue weighted by Crippen LogP contribution is 2.63. The fourth-order valence-corrected chi connectivity index (χ4v) is 3.91. The van der Waals surface area contributed by atoms with Gasteiger partial charge in [0.05, 0.1) is 0 Å². The molecule has 70 valence electrons. The lowest BCUT2D eigenvalue weighted by atomic mass is 9.73. The van der Waals surface area contributed by atoms with E-state index in [-0.39, 0.29) is 0 Å². The maximum absolute atomic E-state index is 5.92. The molecule has 0 aromatic carbocycles. The van der Waals surface area contributed by atoms with Crippen LogP contribution < -0.4 is 0 Å². The average molecular weight is 187 g/mol. The third-order valence-corrected chi connectivity index (χ3v) is 4.23. The van der Waals surface area contributed by atoms with Gasteiger partial charge in [-0.05, 0) is 48.9 Å². The first kappa shape index (κ1) is 8.87. The van der Waals surface area contributed by atoms with Crippen LogP contribution in [0.15, 0.2) is 0 Å². The predicted octanol–water partition coefficient (Wildman–Crippen LogP) is 3.69. The molecule has 0 saturated heterocycles. The van der Waals surface area contributed by atoms with Gasteiger partial charge >= 0.3 is 0 Å². The summed E-state index contributed by atoms with van der Waals surface area (Å²) in [6, 6.07) is 0. The second-order valence-corrected chi connectivity index (χ2v) is 5.58. The van der Waals surface area contributed by atoms with E-state index in [1.165, 1.54) is 25.7 Å². The Balaban J connectivity index is 1.99. The Hall–Kier alpha value is 0.290. The summed E-state index contributed by atoms with van der Waals surface area (Å²) in [7, 11) is 0. The molecular formula is C11H19Cl. The van der Waals surface area contributed by atoms with Gasteiger partial charge in [-0.2, -0.15) is 0 Å². The zero-order valence-electron chi connectivity index (χ0n) is 8.15. The molecule has 12 heavy (non-hydrogen) atoms. The maximum Gasteiger partial charge on any atom is 0.0257 e. The van der Waals surface area contributed by atoms with Crippen LogP contribution in [-0.4, -0.2) is 5.88 Å². The van der Waals surface area contributed by atoms with Gasteiger partial charge in [-0.1, -0.05) is 13.8 Å². The molecule has 3 unspecified atom stereocenters. The quantitative estimate of drug-likeness (QED) is 0.548. The highest BCUT2D eigenvalue weighted by molar-refractivity contribution is 6.18. The van der Waals surface area contributed by atoms with Gasteiger partial charge in [-0.3, -0.25) is 0 Å². The third kappa shape index (κ3) is 1.39. The SMILES string of the molecule is CC1CC(C)CC2(C1)CC2CCl. The Morgan fingerprint density at radius 3 is 2.17 bits per heavy atom. The zero-order valence-corrected chi connectivity index (χ0v) is 8.90. The third-order valence-electron chi connectivity index (χ3n) is 3.86. The summed E-state index contributed by atoms with van der Waals surface area (Å²) in [4.78, 5) is 0. The fourth-order valence-electron chi connectivity index (χ4n) is 3.47. The van der Waals surface area contributed by atoms with Crippen molar-refractivity contribution in [2.75, 3.05) is 5.88 Å². The first-order chi connectivity index (χ1) is 5.66. The average Bonchev–Trinajstić information content (AvgIpc) is 2.59. The van der Waals surface area contributed by atoms with E-state index < -0.39 is 0 Å². The van der Waals surface area contributed by atoms with E-state index in [0.29, 0.717) is 5.41 Å². The number of alkyl halides is 1. The lowest BCUT2D eigenvalue weighted by molar-refractivity contribution is 0.189. The molecule has 0 bridgehead atoms. The Labute approximate surface area is 80.7 Å². The number of hydrogen-bond donors (Lipinski definition) is 0. The molecule has 0 aromatic rings. The summed E-state index contributed by atoms with van der Waals surface area (Å²) in [6.45, 7) is 4.81. The molecule has 0 radical (unpaired) electrons. The molecule has 2 aliphatic carbocycles. The molecule has 0 nitrogen and oxygen atoms in total. The van der Waals surface area contributed by atoms with Gasteiger partial charge in [0.2, 0.25) is 0 Å². The lowest BCUT2D eigenvalue weighted by Gasteiger charge is -2.32. The molecule has 0 aliphatic heterocycles. The van der Waals surface area contributed by atoms with E-state index in [1.54, 1.807) is 0 Å². The monoisotopic (exact) mass is 186 g/mol. The van der Waals surface area contributed by atoms with Crippen LogP contribution in [0.5, 0.6) is 0 Å². The Morgan fingerprint density at radius 1 is 1.17 bits per heavy atom. The summed E-state index contributed by atoms with van der Waals surface area (Å²) >= 11 is 5.92. The van der Waals surface area contributed by atoms with E-state index in [4.69, 9.17) is 11.6 Å². The minimum Gasteiger partial charge on any atom is -0.126 e. The van der Waals surface area contributed by atoms with E-state index in [9.17, 15) is 0 Å². The van der Waals surface area contributed by atoms with Crippen molar-refractivity contribution in [3.8, 4) is 0 Å². The first-order valence-electron chi connectivity index (χ1n) is 5.22. The fraction of sp³-hybridized carbons (Fsp3) is 1.00. The van der Waals surface area contributed by atoms with Gasteiger partial charge in [-0.15, -0.1) is 11.6 Å². The van der Waals surface area contributed by atoms with Gasteiger partial charge in [0.25, 0.3) is 0 Å². The van der Waals surface area contributed by atoms with Crippen LogP contribution in [-0.2, 0) is 0 Å². The van der Waals surface area contributed by atoms with Crippen molar-refractivity contribution < 1.29 is 0 Å². The number of rotatable bonds is 1. The second kappa shape index (κ2) is 2.90. The van der Waals surface area contributed by atoms with Gasteiger partial charge in [0, 0.05) is 5.88 Å². The van der Waals surface area contributed by atoms with Crippen LogP contribution in [0.4, 0.5) is 0 Å². The summed E-state index contributed by atoms with van der Waals surface area (Å²) in [5, 5.41) is 0. The zero-order chi connectivity index (χ0) is 8.77. The molecular weight excluding hydrogens is 168 g/mol. The van der Waals surface area contributed by atoms with Crippen molar-refractivity contribution in [1.82, 2.24) is 0 Å². The molecule has 0 N–H and O–H groups in total. The van der Waals surface area contributed by atoms with Gasteiger partial charge in [-0.25, -0.2) is 0 Å². The van der Waals surface area contributed by atoms with E-state index in [1.807, 2.05) is 0 Å². The molecule has 0 aromatic heterocycles. The summed E-state index contributed by atoms with van der Waals surface area (Å²) < 4.78 is 0. The van der Waals surface area contributed by atoms with Crippen LogP contribution in [0.25, 0.3) is 0 Å². The summed E-state index contributed by atoms with van der Waals surface area (Å²) in [6.07, 6.45) is 5.77. The minimum atomic E-state index is 0.707. The lowest BCUT2D eigenvalue weighted by Crippen LogP contribution is -2.22. The van der Waals surface area contributed by atoms with Crippen LogP contribution in [0, 0.1) is 23.2 Å². The summed E-state index contributed by atoms with van der Waals surface area (Å²) in [5.41, 5.74) is 0.707. The van der Waals surface area contributed by atoms with Crippen molar-refractivity contribution in [3.63, 3.8) is 0 Å². The van der Waals surface area contributed by atoms with Crippen LogP contribution >= 0.6 is 11.6 Å². The summed E-state index contributed by atoms with van der Waals surface area (Å²) in [5.74, 6) is 3.66. The Kier molecular flexibility index (Phi) is 2.15. The first-order valence-corrected chi connectivity index (χ1v) is 5.76. The Morgan fingerprint density at radius 2 is 1.75 bits per heavy atom. The standard InChI is InChI=1S/C11H19Cl/c1-8-3-9(2)5-11(4-8)6-10(11)7-12/h8-10H,3-7H2,1-2H3. The smallest absolute Gasteiger partial charge is 0.0257 e. The molecule has 2 saturated carbocycles. The molecule has 0 heterocycles. The molecule has 3 atom stereocenters. The van der Waals surface area contributed by atoms with Crippen LogP contribution in [0.3, 0.4) is 0 Å². The topological polar surface area (TPSA) is 0 Å². The van der Waals surface area contributed by atoms with Gasteiger partial charge in [0.1, 0.15) is 0 Å². The van der Waals surface area contributed by atoms with Crippen molar-refractivity contribution in [1.29, 1.82) is 0 Å². The van der Waals surface area contributed by atoms with Crippen molar-refractivity contribution in [2.45, 2.75) is 39.5 Å². The van der Waals surface area contributed by atoms with Gasteiger partial charge < -0.3 is 0 Å². The number of halogens is 1. The molecule has 0 amide bonds. The highest BCUT2D eigenvalue weighted by atomic mass is 35.5.